The number of allylic oxidation sites excluding steroid dienone is 4. The smallest absolute Gasteiger partial charge is 0.00262 e. The van der Waals surface area contributed by atoms with E-state index in [1.54, 1.807) is 5.56 Å². The molecular formula is C65H52. The molecule has 65 heavy (non-hydrogen) atoms. The molecule has 4 aliphatic rings. The normalized spacial score (nSPS) is 19.5. The van der Waals surface area contributed by atoms with Crippen molar-refractivity contribution in [3.63, 3.8) is 0 Å². The molecule has 2 unspecified atom stereocenters. The van der Waals surface area contributed by atoms with Crippen LogP contribution in [0.3, 0.4) is 0 Å². The van der Waals surface area contributed by atoms with Crippen LogP contribution in [-0.2, 0) is 6.42 Å². The fourth-order valence-electron chi connectivity index (χ4n) is 12.3. The lowest BCUT2D eigenvalue weighted by Gasteiger charge is -2.29. The van der Waals surface area contributed by atoms with Crippen LogP contribution in [0.4, 0.5) is 0 Å². The van der Waals surface area contributed by atoms with E-state index in [-0.39, 0.29) is 0 Å². The summed E-state index contributed by atoms with van der Waals surface area (Å²) in [6, 6.07) is 62.7. The molecule has 0 amide bonds. The Hall–Kier alpha value is -7.02. The summed E-state index contributed by atoms with van der Waals surface area (Å²) in [4.78, 5) is 0. The van der Waals surface area contributed by atoms with Gasteiger partial charge in [0.25, 0.3) is 0 Å². The maximum Gasteiger partial charge on any atom is -0.00262 e. The first kappa shape index (κ1) is 38.4. The van der Waals surface area contributed by atoms with Crippen molar-refractivity contribution in [3.05, 3.63) is 216 Å². The highest BCUT2D eigenvalue weighted by Gasteiger charge is 2.40. The zero-order valence-corrected chi connectivity index (χ0v) is 37.1. The van der Waals surface area contributed by atoms with Crippen molar-refractivity contribution in [1.29, 1.82) is 0 Å². The first-order valence-electron chi connectivity index (χ1n) is 24.1. The van der Waals surface area contributed by atoms with Crippen LogP contribution in [0.15, 0.2) is 188 Å². The Balaban J connectivity index is 1.06. The maximum atomic E-state index is 2.55. The van der Waals surface area contributed by atoms with E-state index in [1.807, 2.05) is 0 Å². The third-order valence-electron chi connectivity index (χ3n) is 15.6. The standard InChI is InChI=1S/C65H52/c1-41-27-29-44(30-28-41)63-54-23-11-12-24-56(54)65(49-20-13-19-47(37-49)50-25-14-26-51-52(50)34-33-48-40-59(48)51)61-39-46(32-36-58(61)63)45-31-35-57-60(38-45)64(43-17-7-3-8-18-43)55-22-10-4-9-21-53(55)62(57)42-15-5-2-6-16-42/h2-21,23-26,31-39,41,44,48,59H,22,27-30,40H2,1H3. The zero-order valence-electron chi connectivity index (χ0n) is 37.1. The molecule has 13 rings (SSSR count). The van der Waals surface area contributed by atoms with Crippen LogP contribution < -0.4 is 0 Å². The Morgan fingerprint density at radius 2 is 1.06 bits per heavy atom. The molecule has 0 radical (unpaired) electrons. The van der Waals surface area contributed by atoms with Crippen molar-refractivity contribution in [2.75, 3.05) is 0 Å². The van der Waals surface area contributed by atoms with E-state index in [0.29, 0.717) is 11.8 Å². The highest BCUT2D eigenvalue weighted by atomic mass is 14.4. The maximum absolute atomic E-state index is 2.55. The highest BCUT2D eigenvalue weighted by molar-refractivity contribution is 6.17. The molecule has 4 aliphatic carbocycles. The van der Waals surface area contributed by atoms with Crippen LogP contribution in [0.5, 0.6) is 0 Å². The van der Waals surface area contributed by atoms with Gasteiger partial charge in [-0.3, -0.25) is 0 Å². The van der Waals surface area contributed by atoms with Crippen molar-refractivity contribution in [2.45, 2.75) is 57.3 Å². The lowest BCUT2D eigenvalue weighted by molar-refractivity contribution is 0.350. The van der Waals surface area contributed by atoms with Gasteiger partial charge in [0.15, 0.2) is 0 Å². The van der Waals surface area contributed by atoms with Gasteiger partial charge in [-0.05, 0) is 183 Å². The predicted molar refractivity (Wildman–Crippen MR) is 278 cm³/mol. The van der Waals surface area contributed by atoms with Crippen molar-refractivity contribution < 1.29 is 0 Å². The lowest BCUT2D eigenvalue weighted by atomic mass is 9.75. The Labute approximate surface area is 383 Å². The van der Waals surface area contributed by atoms with E-state index in [0.717, 1.165) is 18.3 Å². The van der Waals surface area contributed by atoms with Gasteiger partial charge >= 0.3 is 0 Å². The van der Waals surface area contributed by atoms with Gasteiger partial charge in [0.1, 0.15) is 0 Å². The SMILES string of the molecule is CC1CCC(c2c3ccccc3c(-c3cccc(-c4cccc5c4C=CC4CC54)c3)c3cc(-c4ccc5c(-c6ccccc6)c6c(c(-c7ccccc7)c5c4)CC=CC=C6)ccc23)CC1. The number of benzene rings is 9. The molecule has 0 heteroatoms. The Bertz CT molecular complexity index is 3440. The number of hydrogen-bond donors (Lipinski definition) is 0. The minimum Gasteiger partial charge on any atom is -0.0802 e. The first-order chi connectivity index (χ1) is 32.2. The number of hydrogen-bond acceptors (Lipinski definition) is 0. The van der Waals surface area contributed by atoms with Gasteiger partial charge in [-0.1, -0.05) is 202 Å². The van der Waals surface area contributed by atoms with Gasteiger partial charge in [0.05, 0.1) is 0 Å². The molecule has 0 bridgehead atoms. The average molecular weight is 833 g/mol. The van der Waals surface area contributed by atoms with E-state index in [9.17, 15) is 0 Å². The van der Waals surface area contributed by atoms with Gasteiger partial charge in [0.2, 0.25) is 0 Å². The summed E-state index contributed by atoms with van der Waals surface area (Å²) in [5.41, 5.74) is 20.1. The number of fused-ring (bicyclic) bond motifs is 7. The third-order valence-corrected chi connectivity index (χ3v) is 15.6. The Kier molecular flexibility index (Phi) is 9.23. The zero-order chi connectivity index (χ0) is 43.0. The van der Waals surface area contributed by atoms with Crippen LogP contribution in [0.25, 0.3) is 100 Å². The third kappa shape index (κ3) is 6.48. The van der Waals surface area contributed by atoms with E-state index in [2.05, 4.69) is 207 Å². The highest BCUT2D eigenvalue weighted by Crippen LogP contribution is 2.55. The van der Waals surface area contributed by atoms with Crippen LogP contribution in [0, 0.1) is 11.8 Å². The fourth-order valence-corrected chi connectivity index (χ4v) is 12.3. The molecule has 312 valence electrons. The van der Waals surface area contributed by atoms with E-state index in [1.165, 1.54) is 142 Å². The lowest BCUT2D eigenvalue weighted by Crippen LogP contribution is -2.12. The van der Waals surface area contributed by atoms with Gasteiger partial charge in [-0.25, -0.2) is 0 Å². The quantitative estimate of drug-likeness (QED) is 0.146. The summed E-state index contributed by atoms with van der Waals surface area (Å²) < 4.78 is 0. The van der Waals surface area contributed by atoms with E-state index < -0.39 is 0 Å². The summed E-state index contributed by atoms with van der Waals surface area (Å²) in [5.74, 6) is 2.75. The first-order valence-corrected chi connectivity index (χ1v) is 24.1. The van der Waals surface area contributed by atoms with Crippen molar-refractivity contribution >= 4 is 44.5 Å². The molecule has 0 spiro atoms. The van der Waals surface area contributed by atoms with Crippen molar-refractivity contribution in [3.8, 4) is 55.6 Å². The van der Waals surface area contributed by atoms with Crippen molar-refractivity contribution in [1.82, 2.24) is 0 Å². The molecule has 0 saturated heterocycles. The van der Waals surface area contributed by atoms with Crippen LogP contribution >= 0.6 is 0 Å². The molecule has 0 nitrogen and oxygen atoms in total. The van der Waals surface area contributed by atoms with Crippen molar-refractivity contribution in [2.24, 2.45) is 11.8 Å². The molecule has 0 aliphatic heterocycles. The van der Waals surface area contributed by atoms with E-state index >= 15 is 0 Å². The Morgan fingerprint density at radius 3 is 1.85 bits per heavy atom. The second kappa shape index (κ2) is 15.6. The minimum atomic E-state index is 0.544. The monoisotopic (exact) mass is 832 g/mol. The number of rotatable bonds is 6. The molecule has 2 fully saturated rings. The average Bonchev–Trinajstić information content (AvgIpc) is 4.20. The summed E-state index contributed by atoms with van der Waals surface area (Å²) in [7, 11) is 0. The Morgan fingerprint density at radius 1 is 0.431 bits per heavy atom. The summed E-state index contributed by atoms with van der Waals surface area (Å²) in [5, 5.41) is 8.14. The molecule has 0 N–H and O–H groups in total. The second-order valence-corrected chi connectivity index (χ2v) is 19.4. The van der Waals surface area contributed by atoms with Gasteiger partial charge in [0, 0.05) is 0 Å². The second-order valence-electron chi connectivity index (χ2n) is 19.4. The van der Waals surface area contributed by atoms with Crippen LogP contribution in [0.2, 0.25) is 0 Å². The fraction of sp³-hybridized carbons (Fsp3) is 0.169. The summed E-state index contributed by atoms with van der Waals surface area (Å²) in [6.45, 7) is 2.44. The predicted octanol–water partition coefficient (Wildman–Crippen LogP) is 18.0. The van der Waals surface area contributed by atoms with Crippen LogP contribution in [-0.4, -0.2) is 0 Å². The van der Waals surface area contributed by atoms with Crippen LogP contribution in [0.1, 0.15) is 78.7 Å². The largest absolute Gasteiger partial charge is 0.0802 e. The molecular weight excluding hydrogens is 781 g/mol. The summed E-state index contributed by atoms with van der Waals surface area (Å²) in [6.07, 6.45) is 21.2. The van der Waals surface area contributed by atoms with E-state index in [4.69, 9.17) is 0 Å². The minimum absolute atomic E-state index is 0.544. The topological polar surface area (TPSA) is 0 Å². The molecule has 0 heterocycles. The molecule has 9 aromatic rings. The molecule has 2 saturated carbocycles. The molecule has 9 aromatic carbocycles. The van der Waals surface area contributed by atoms with Gasteiger partial charge < -0.3 is 0 Å². The van der Waals surface area contributed by atoms with Gasteiger partial charge in [-0.2, -0.15) is 0 Å². The molecule has 2 atom stereocenters. The molecule has 0 aromatic heterocycles. The van der Waals surface area contributed by atoms with Gasteiger partial charge in [-0.15, -0.1) is 0 Å². The summed E-state index contributed by atoms with van der Waals surface area (Å²) >= 11 is 0.